The number of hydrogen-bond acceptors (Lipinski definition) is 4. The van der Waals surface area contributed by atoms with Crippen LogP contribution in [0.4, 0.5) is 0 Å². The van der Waals surface area contributed by atoms with Crippen LogP contribution in [0.1, 0.15) is 40.0 Å². The molecule has 0 saturated carbocycles. The molecule has 0 aromatic heterocycles. The fourth-order valence-electron chi connectivity index (χ4n) is 1.19. The molecule has 1 heterocycles. The first kappa shape index (κ1) is 12.0. The molecule has 0 aliphatic carbocycles. The van der Waals surface area contributed by atoms with E-state index in [2.05, 4.69) is 0 Å². The summed E-state index contributed by atoms with van der Waals surface area (Å²) in [4.78, 5) is 22.9. The van der Waals surface area contributed by atoms with Gasteiger partial charge in [-0.25, -0.2) is 4.79 Å². The van der Waals surface area contributed by atoms with Crippen molar-refractivity contribution < 1.29 is 19.1 Å². The third kappa shape index (κ3) is 2.94. The summed E-state index contributed by atoms with van der Waals surface area (Å²) >= 11 is 0. The van der Waals surface area contributed by atoms with E-state index >= 15 is 0 Å². The summed E-state index contributed by atoms with van der Waals surface area (Å²) in [6.07, 6.45) is 1.32. The van der Waals surface area contributed by atoms with E-state index in [1.54, 1.807) is 0 Å². The van der Waals surface area contributed by atoms with E-state index < -0.39 is 17.5 Å². The van der Waals surface area contributed by atoms with Crippen molar-refractivity contribution in [3.63, 3.8) is 0 Å². The predicted octanol–water partition coefficient (Wildman–Crippen LogP) is 1.67. The van der Waals surface area contributed by atoms with Crippen LogP contribution < -0.4 is 0 Å². The van der Waals surface area contributed by atoms with E-state index in [0.717, 1.165) is 6.42 Å². The van der Waals surface area contributed by atoms with Gasteiger partial charge in [-0.1, -0.05) is 6.92 Å². The van der Waals surface area contributed by atoms with Crippen molar-refractivity contribution in [2.45, 2.75) is 46.1 Å². The van der Waals surface area contributed by atoms with Gasteiger partial charge >= 0.3 is 11.9 Å². The summed E-state index contributed by atoms with van der Waals surface area (Å²) in [5.74, 6) is -0.740. The monoisotopic (exact) mass is 214 g/mol. The maximum atomic E-state index is 11.7. The van der Waals surface area contributed by atoms with Crippen LogP contribution in [-0.4, -0.2) is 24.6 Å². The van der Waals surface area contributed by atoms with Crippen LogP contribution in [-0.2, 0) is 19.1 Å². The van der Waals surface area contributed by atoms with Crippen LogP contribution in [0.25, 0.3) is 0 Å². The van der Waals surface area contributed by atoms with Crippen molar-refractivity contribution in [2.24, 2.45) is 5.41 Å². The molecular formula is C11H18O4. The first-order valence-electron chi connectivity index (χ1n) is 5.35. The minimum absolute atomic E-state index is 0.325. The van der Waals surface area contributed by atoms with E-state index in [1.807, 2.05) is 20.8 Å². The Bertz CT molecular complexity index is 257. The Labute approximate surface area is 89.9 Å². The van der Waals surface area contributed by atoms with Gasteiger partial charge < -0.3 is 9.47 Å². The smallest absolute Gasteiger partial charge is 0.347 e. The summed E-state index contributed by atoms with van der Waals surface area (Å²) in [5, 5.41) is 0. The topological polar surface area (TPSA) is 52.6 Å². The Morgan fingerprint density at radius 3 is 2.80 bits per heavy atom. The van der Waals surface area contributed by atoms with Gasteiger partial charge in [0.15, 0.2) is 6.10 Å². The molecule has 1 rings (SSSR count). The van der Waals surface area contributed by atoms with Gasteiger partial charge in [0.25, 0.3) is 0 Å². The van der Waals surface area contributed by atoms with Crippen molar-refractivity contribution in [1.82, 2.24) is 0 Å². The van der Waals surface area contributed by atoms with Crippen LogP contribution in [0.5, 0.6) is 0 Å². The third-order valence-corrected chi connectivity index (χ3v) is 2.80. The van der Waals surface area contributed by atoms with Gasteiger partial charge in [-0.15, -0.1) is 0 Å². The Kier molecular flexibility index (Phi) is 3.72. The van der Waals surface area contributed by atoms with Gasteiger partial charge in [-0.2, -0.15) is 0 Å². The average molecular weight is 214 g/mol. The number of esters is 2. The lowest BCUT2D eigenvalue weighted by molar-refractivity contribution is -0.178. The van der Waals surface area contributed by atoms with Gasteiger partial charge in [0.05, 0.1) is 12.0 Å². The molecule has 4 nitrogen and oxygen atoms in total. The van der Waals surface area contributed by atoms with Crippen LogP contribution in [0.3, 0.4) is 0 Å². The highest BCUT2D eigenvalue weighted by atomic mass is 16.6. The minimum atomic E-state index is -0.697. The highest BCUT2D eigenvalue weighted by molar-refractivity contribution is 5.82. The molecular weight excluding hydrogens is 196 g/mol. The van der Waals surface area contributed by atoms with E-state index in [9.17, 15) is 9.59 Å². The van der Waals surface area contributed by atoms with Crippen molar-refractivity contribution in [3.8, 4) is 0 Å². The van der Waals surface area contributed by atoms with E-state index in [1.165, 1.54) is 0 Å². The summed E-state index contributed by atoms with van der Waals surface area (Å²) < 4.78 is 9.97. The predicted molar refractivity (Wildman–Crippen MR) is 54.1 cm³/mol. The molecule has 0 radical (unpaired) electrons. The second-order valence-corrected chi connectivity index (χ2v) is 4.44. The summed E-state index contributed by atoms with van der Waals surface area (Å²) in [7, 11) is 0. The van der Waals surface area contributed by atoms with Crippen molar-refractivity contribution in [1.29, 1.82) is 0 Å². The molecule has 0 aromatic rings. The van der Waals surface area contributed by atoms with E-state index in [-0.39, 0.29) is 5.97 Å². The molecule has 1 aliphatic heterocycles. The first-order chi connectivity index (χ1) is 6.97. The summed E-state index contributed by atoms with van der Waals surface area (Å²) in [6.45, 7) is 5.97. The first-order valence-corrected chi connectivity index (χ1v) is 5.35. The molecule has 1 saturated heterocycles. The zero-order chi connectivity index (χ0) is 11.5. The average Bonchev–Trinajstić information content (AvgIpc) is 2.21. The largest absolute Gasteiger partial charge is 0.463 e. The molecule has 0 N–H and O–H groups in total. The Morgan fingerprint density at radius 1 is 1.60 bits per heavy atom. The molecule has 15 heavy (non-hydrogen) atoms. The Hall–Kier alpha value is -1.06. The lowest BCUT2D eigenvalue weighted by Gasteiger charge is -2.26. The van der Waals surface area contributed by atoms with E-state index in [4.69, 9.17) is 9.47 Å². The molecule has 1 aliphatic rings. The number of rotatable bonds is 3. The van der Waals surface area contributed by atoms with Crippen LogP contribution in [0.15, 0.2) is 0 Å². The molecule has 0 spiro atoms. The molecule has 0 amide bonds. The van der Waals surface area contributed by atoms with Gasteiger partial charge in [0.2, 0.25) is 0 Å². The maximum Gasteiger partial charge on any atom is 0.347 e. The fraction of sp³-hybridized carbons (Fsp3) is 0.818. The van der Waals surface area contributed by atoms with Crippen molar-refractivity contribution in [2.75, 3.05) is 6.61 Å². The van der Waals surface area contributed by atoms with Gasteiger partial charge in [-0.3, -0.25) is 4.79 Å². The normalized spacial score (nSPS) is 22.1. The summed E-state index contributed by atoms with van der Waals surface area (Å²) in [6, 6.07) is 0. The van der Waals surface area contributed by atoms with Gasteiger partial charge in [0.1, 0.15) is 0 Å². The minimum Gasteiger partial charge on any atom is -0.463 e. The number of ether oxygens (including phenoxy) is 2. The molecule has 1 atom stereocenters. The van der Waals surface area contributed by atoms with E-state index in [0.29, 0.717) is 19.4 Å². The second-order valence-electron chi connectivity index (χ2n) is 4.44. The Morgan fingerprint density at radius 2 is 2.27 bits per heavy atom. The van der Waals surface area contributed by atoms with Gasteiger partial charge in [-0.05, 0) is 33.1 Å². The molecule has 1 unspecified atom stereocenters. The van der Waals surface area contributed by atoms with Crippen molar-refractivity contribution >= 4 is 11.9 Å². The van der Waals surface area contributed by atoms with Crippen LogP contribution >= 0.6 is 0 Å². The molecule has 1 fully saturated rings. The zero-order valence-corrected chi connectivity index (χ0v) is 9.54. The number of hydrogen-bond donors (Lipinski definition) is 0. The lowest BCUT2D eigenvalue weighted by atomic mass is 9.90. The molecule has 0 aromatic carbocycles. The molecule has 86 valence electrons. The maximum absolute atomic E-state index is 11.7. The number of carbonyl (C=O) groups is 2. The van der Waals surface area contributed by atoms with Crippen LogP contribution in [0.2, 0.25) is 0 Å². The SMILES string of the molecule is CCC(C)(C)C(=O)OC1CCCOC1=O. The number of carbonyl (C=O) groups excluding carboxylic acids is 2. The molecule has 4 heteroatoms. The quantitative estimate of drug-likeness (QED) is 0.670. The highest BCUT2D eigenvalue weighted by Gasteiger charge is 2.34. The Balaban J connectivity index is 2.53. The van der Waals surface area contributed by atoms with Crippen LogP contribution in [0, 0.1) is 5.41 Å². The zero-order valence-electron chi connectivity index (χ0n) is 9.54. The second kappa shape index (κ2) is 4.64. The fourth-order valence-corrected chi connectivity index (χ4v) is 1.19. The molecule has 0 bridgehead atoms. The number of cyclic esters (lactones) is 1. The lowest BCUT2D eigenvalue weighted by Crippen LogP contribution is -2.37. The summed E-state index contributed by atoms with van der Waals surface area (Å²) in [5.41, 5.74) is -0.530. The van der Waals surface area contributed by atoms with Crippen molar-refractivity contribution in [3.05, 3.63) is 0 Å². The standard InChI is InChI=1S/C11H18O4/c1-4-11(2,3)10(13)15-8-6-5-7-14-9(8)12/h8H,4-7H2,1-3H3. The van der Waals surface area contributed by atoms with Gasteiger partial charge in [0, 0.05) is 0 Å². The third-order valence-electron chi connectivity index (χ3n) is 2.80. The highest BCUT2D eigenvalue weighted by Crippen LogP contribution is 2.24.